The molecular weight excluding hydrogens is 440 g/mol. The second kappa shape index (κ2) is 10.3. The molecule has 2 aromatic carbocycles. The molecule has 1 atom stereocenters. The zero-order valence-electron chi connectivity index (χ0n) is 20.1. The predicted molar refractivity (Wildman–Crippen MR) is 125 cm³/mol. The third-order valence-corrected chi connectivity index (χ3v) is 6.00. The summed E-state index contributed by atoms with van der Waals surface area (Å²) < 4.78 is 16.8. The van der Waals surface area contributed by atoms with Crippen molar-refractivity contribution in [3.63, 3.8) is 0 Å². The number of benzene rings is 2. The number of ketones is 1. The first-order chi connectivity index (χ1) is 16.2. The molecule has 0 amide bonds. The van der Waals surface area contributed by atoms with Crippen LogP contribution in [0.2, 0.25) is 0 Å². The summed E-state index contributed by atoms with van der Waals surface area (Å²) in [5, 5.41) is 32.1. The number of aromatic hydroxyl groups is 2. The van der Waals surface area contributed by atoms with E-state index in [4.69, 9.17) is 14.2 Å². The number of aliphatic hydroxyl groups is 1. The molecule has 0 aromatic heterocycles. The lowest BCUT2D eigenvalue weighted by Gasteiger charge is -2.22. The number of unbranched alkanes of at least 4 members (excludes halogenated alkanes) is 3. The Balaban J connectivity index is 2.17. The average molecular weight is 473 g/mol. The summed E-state index contributed by atoms with van der Waals surface area (Å²) in [6.07, 6.45) is 4.50. The summed E-state index contributed by atoms with van der Waals surface area (Å²) in [4.78, 5) is 25.1. The van der Waals surface area contributed by atoms with Gasteiger partial charge in [-0.15, -0.1) is 0 Å². The second-order valence-electron chi connectivity index (χ2n) is 8.54. The van der Waals surface area contributed by atoms with Crippen molar-refractivity contribution in [3.8, 4) is 28.7 Å². The van der Waals surface area contributed by atoms with Gasteiger partial charge in [0.25, 0.3) is 0 Å². The summed E-state index contributed by atoms with van der Waals surface area (Å²) >= 11 is 0. The number of Topliss-reactive ketones (excluding diaryl/α,β-unsaturated/α-hetero) is 1. The number of esters is 1. The number of fused-ring (bicyclic) bond motifs is 1. The Hall–Kier alpha value is -3.26. The Kier molecular flexibility index (Phi) is 7.71. The van der Waals surface area contributed by atoms with E-state index in [1.807, 2.05) is 13.8 Å². The lowest BCUT2D eigenvalue weighted by atomic mass is 9.95. The van der Waals surface area contributed by atoms with Crippen LogP contribution in [0.3, 0.4) is 0 Å². The highest BCUT2D eigenvalue weighted by Gasteiger charge is 2.46. The van der Waals surface area contributed by atoms with Crippen LogP contribution in [0.1, 0.15) is 91.1 Å². The third kappa shape index (κ3) is 4.82. The van der Waals surface area contributed by atoms with E-state index in [-0.39, 0.29) is 51.9 Å². The van der Waals surface area contributed by atoms with E-state index in [1.54, 1.807) is 0 Å². The lowest BCUT2D eigenvalue weighted by molar-refractivity contribution is -0.168. The number of phenolic OH excluding ortho intramolecular Hbond substituents is 2. The van der Waals surface area contributed by atoms with Crippen molar-refractivity contribution in [1.82, 2.24) is 0 Å². The number of methoxy groups -OCH3 is 1. The van der Waals surface area contributed by atoms with Gasteiger partial charge in [-0.3, -0.25) is 4.79 Å². The highest BCUT2D eigenvalue weighted by Crippen LogP contribution is 2.48. The van der Waals surface area contributed by atoms with Gasteiger partial charge in [0.15, 0.2) is 17.3 Å². The van der Waals surface area contributed by atoms with Gasteiger partial charge >= 0.3 is 5.97 Å². The van der Waals surface area contributed by atoms with E-state index in [0.717, 1.165) is 25.3 Å². The molecule has 0 radical (unpaired) electrons. The fourth-order valence-corrected chi connectivity index (χ4v) is 4.27. The monoisotopic (exact) mass is 472 g/mol. The molecule has 1 unspecified atom stereocenters. The van der Waals surface area contributed by atoms with Crippen LogP contribution < -0.4 is 9.47 Å². The SMILES string of the molecule is CCCCCc1c(Oc2cc(OC)cc3c2C(=O)OC3(O)CCCC)c(O)cc(O)c1C(C)=O. The van der Waals surface area contributed by atoms with Gasteiger partial charge in [0, 0.05) is 29.7 Å². The Bertz CT molecular complexity index is 1090. The quantitative estimate of drug-likeness (QED) is 0.228. The first kappa shape index (κ1) is 25.4. The van der Waals surface area contributed by atoms with E-state index in [2.05, 4.69) is 0 Å². The maximum absolute atomic E-state index is 12.8. The Morgan fingerprint density at radius 3 is 2.38 bits per heavy atom. The smallest absolute Gasteiger partial charge is 0.345 e. The molecule has 3 N–H and O–H groups in total. The van der Waals surface area contributed by atoms with Crippen LogP contribution in [0.15, 0.2) is 18.2 Å². The van der Waals surface area contributed by atoms with Crippen molar-refractivity contribution in [2.75, 3.05) is 7.11 Å². The molecule has 0 spiro atoms. The van der Waals surface area contributed by atoms with E-state index >= 15 is 0 Å². The minimum atomic E-state index is -1.82. The number of hydrogen-bond acceptors (Lipinski definition) is 8. The Morgan fingerprint density at radius 2 is 1.76 bits per heavy atom. The highest BCUT2D eigenvalue weighted by atomic mass is 16.7. The number of hydrogen-bond donors (Lipinski definition) is 3. The number of phenols is 2. The van der Waals surface area contributed by atoms with Crippen molar-refractivity contribution in [1.29, 1.82) is 0 Å². The van der Waals surface area contributed by atoms with E-state index in [9.17, 15) is 24.9 Å². The largest absolute Gasteiger partial charge is 0.507 e. The van der Waals surface area contributed by atoms with Gasteiger partial charge in [-0.1, -0.05) is 33.1 Å². The fraction of sp³-hybridized carbons (Fsp3) is 0.462. The van der Waals surface area contributed by atoms with Crippen molar-refractivity contribution in [2.45, 2.75) is 71.5 Å². The topological polar surface area (TPSA) is 123 Å². The minimum absolute atomic E-state index is 0.0130. The van der Waals surface area contributed by atoms with Crippen LogP contribution in [0, 0.1) is 0 Å². The van der Waals surface area contributed by atoms with Gasteiger partial charge in [-0.05, 0) is 32.3 Å². The molecule has 1 aliphatic rings. The molecule has 34 heavy (non-hydrogen) atoms. The van der Waals surface area contributed by atoms with Gasteiger partial charge in [0.05, 0.1) is 12.7 Å². The van der Waals surface area contributed by atoms with Crippen LogP contribution >= 0.6 is 0 Å². The molecule has 0 fully saturated rings. The Morgan fingerprint density at radius 1 is 1.06 bits per heavy atom. The zero-order valence-corrected chi connectivity index (χ0v) is 20.1. The molecule has 1 heterocycles. The highest BCUT2D eigenvalue weighted by molar-refractivity contribution is 6.00. The van der Waals surface area contributed by atoms with E-state index in [0.29, 0.717) is 30.6 Å². The summed E-state index contributed by atoms with van der Waals surface area (Å²) in [5.41, 5.74) is 0.654. The summed E-state index contributed by atoms with van der Waals surface area (Å²) in [6.45, 7) is 5.32. The standard InChI is InChI=1S/C26H32O8/c1-5-7-9-10-17-22(15(3)27)19(28)14-20(29)24(17)33-21-13-16(32-4)12-18-23(21)25(30)34-26(18,31)11-8-6-2/h12-14,28-29,31H,5-11H2,1-4H3. The van der Waals surface area contributed by atoms with Gasteiger partial charge in [0.1, 0.15) is 22.8 Å². The van der Waals surface area contributed by atoms with Crippen molar-refractivity contribution in [3.05, 3.63) is 40.5 Å². The first-order valence-electron chi connectivity index (χ1n) is 11.6. The lowest BCUT2D eigenvalue weighted by Crippen LogP contribution is -2.25. The summed E-state index contributed by atoms with van der Waals surface area (Å²) in [5.74, 6) is -3.38. The molecule has 8 nitrogen and oxygen atoms in total. The Labute approximate surface area is 199 Å². The average Bonchev–Trinajstić information content (AvgIpc) is 3.04. The van der Waals surface area contributed by atoms with Crippen molar-refractivity contribution >= 4 is 11.8 Å². The molecule has 184 valence electrons. The van der Waals surface area contributed by atoms with Crippen LogP contribution in [-0.4, -0.2) is 34.2 Å². The molecule has 0 saturated heterocycles. The van der Waals surface area contributed by atoms with Gasteiger partial charge < -0.3 is 29.5 Å². The van der Waals surface area contributed by atoms with Crippen LogP contribution in [-0.2, 0) is 16.9 Å². The first-order valence-corrected chi connectivity index (χ1v) is 11.6. The third-order valence-electron chi connectivity index (χ3n) is 6.00. The predicted octanol–water partition coefficient (Wildman–Crippen LogP) is 5.34. The van der Waals surface area contributed by atoms with Crippen LogP contribution in [0.4, 0.5) is 0 Å². The number of carbonyl (C=O) groups excluding carboxylic acids is 2. The molecule has 0 saturated carbocycles. The van der Waals surface area contributed by atoms with Gasteiger partial charge in [0.2, 0.25) is 5.79 Å². The molecular formula is C26H32O8. The maximum atomic E-state index is 12.8. The van der Waals surface area contributed by atoms with Crippen LogP contribution in [0.25, 0.3) is 0 Å². The molecule has 8 heteroatoms. The number of rotatable bonds is 11. The summed E-state index contributed by atoms with van der Waals surface area (Å²) in [6, 6.07) is 4.04. The second-order valence-corrected chi connectivity index (χ2v) is 8.54. The van der Waals surface area contributed by atoms with Gasteiger partial charge in [-0.2, -0.15) is 0 Å². The van der Waals surface area contributed by atoms with E-state index < -0.39 is 11.8 Å². The summed E-state index contributed by atoms with van der Waals surface area (Å²) in [7, 11) is 1.44. The fourth-order valence-electron chi connectivity index (χ4n) is 4.27. The number of cyclic esters (lactones) is 1. The molecule has 2 aromatic rings. The number of carbonyl (C=O) groups is 2. The minimum Gasteiger partial charge on any atom is -0.507 e. The van der Waals surface area contributed by atoms with Crippen molar-refractivity contribution in [2.24, 2.45) is 0 Å². The van der Waals surface area contributed by atoms with Crippen LogP contribution in [0.5, 0.6) is 28.7 Å². The molecule has 3 rings (SSSR count). The molecule has 0 aliphatic carbocycles. The zero-order chi connectivity index (χ0) is 25.0. The maximum Gasteiger partial charge on any atom is 0.345 e. The van der Waals surface area contributed by atoms with Gasteiger partial charge in [-0.25, -0.2) is 4.79 Å². The normalized spacial score (nSPS) is 16.8. The molecule has 1 aliphatic heterocycles. The van der Waals surface area contributed by atoms with E-state index in [1.165, 1.54) is 26.2 Å². The molecule has 0 bridgehead atoms. The number of ether oxygens (including phenoxy) is 3. The van der Waals surface area contributed by atoms with Crippen molar-refractivity contribution < 1.29 is 39.1 Å².